The number of hydrogen-bond acceptors (Lipinski definition) is 0. The van der Waals surface area contributed by atoms with Gasteiger partial charge in [0.15, 0.2) is 0 Å². The lowest BCUT2D eigenvalue weighted by molar-refractivity contribution is -0.239. The summed E-state index contributed by atoms with van der Waals surface area (Å²) in [6.45, 7) is 4.88. The molecule has 1 nitrogen and oxygen atoms in total. The second-order valence-electron chi connectivity index (χ2n) is 14.8. The van der Waals surface area contributed by atoms with Crippen LogP contribution in [0.5, 0.6) is 0 Å². The molecule has 0 aliphatic carbocycles. The molecular weight excluding hydrogens is 587 g/mol. The predicted molar refractivity (Wildman–Crippen MR) is 203 cm³/mol. The van der Waals surface area contributed by atoms with E-state index < -0.39 is 10.8 Å². The van der Waals surface area contributed by atoms with Crippen molar-refractivity contribution in [2.75, 3.05) is 13.1 Å². The molecule has 0 heterocycles. The summed E-state index contributed by atoms with van der Waals surface area (Å²) in [4.78, 5) is 0. The first-order valence-corrected chi connectivity index (χ1v) is 21.0. The Morgan fingerprint density at radius 2 is 0.596 bits per heavy atom. The molecule has 276 valence electrons. The van der Waals surface area contributed by atoms with E-state index in [1.807, 2.05) is 6.07 Å². The molecule has 0 saturated carbocycles. The van der Waals surface area contributed by atoms with Crippen LogP contribution in [-0.2, 0) is 0 Å². The van der Waals surface area contributed by atoms with E-state index in [9.17, 15) is 13.2 Å². The van der Waals surface area contributed by atoms with Gasteiger partial charge < -0.3 is 0 Å². The Morgan fingerprint density at radius 3 is 0.830 bits per heavy atom. The van der Waals surface area contributed by atoms with Gasteiger partial charge in [0.25, 0.3) is 0 Å². The molecule has 47 heavy (non-hydrogen) atoms. The van der Waals surface area contributed by atoms with Gasteiger partial charge in [-0.2, -0.15) is 4.48 Å². The minimum Gasteiger partial charge on any atom is -0.199 e. The van der Waals surface area contributed by atoms with Crippen molar-refractivity contribution in [1.29, 1.82) is 0 Å². The number of halogens is 3. The van der Waals surface area contributed by atoms with E-state index in [-0.39, 0.29) is 13.1 Å². The fourth-order valence-corrected chi connectivity index (χ4v) is 7.34. The molecule has 1 aromatic rings. The maximum Gasteiger partial charge on any atom is 0.566 e. The summed E-state index contributed by atoms with van der Waals surface area (Å²) in [6.07, 6.45) is 35.7. The summed E-state index contributed by atoms with van der Waals surface area (Å²) in [6, 6.07) is 8.78. The van der Waals surface area contributed by atoms with Gasteiger partial charge in [-0.15, -0.1) is 13.2 Å². The zero-order valence-corrected chi connectivity index (χ0v) is 31.5. The van der Waals surface area contributed by atoms with E-state index in [1.165, 1.54) is 154 Å². The van der Waals surface area contributed by atoms with E-state index >= 15 is 0 Å². The minimum absolute atomic E-state index is 0.171. The number of hydrogen-bond donors (Lipinski definition) is 0. The molecule has 0 aromatic heterocycles. The molecule has 0 saturated heterocycles. The quantitative estimate of drug-likeness (QED) is 0.0384. The second-order valence-corrected chi connectivity index (χ2v) is 14.8. The molecular formula is C43H79F3N+. The monoisotopic (exact) mass is 667 g/mol. The molecule has 1 rings (SSSR count). The summed E-state index contributed by atoms with van der Waals surface area (Å²) >= 11 is 0. The summed E-state index contributed by atoms with van der Waals surface area (Å²) in [5.41, 5.74) is 0.418. The van der Waals surface area contributed by atoms with Crippen molar-refractivity contribution < 1.29 is 13.2 Å². The minimum atomic E-state index is -4.27. The van der Waals surface area contributed by atoms with Crippen molar-refractivity contribution >= 4 is 5.69 Å². The third kappa shape index (κ3) is 23.1. The Labute approximate surface area is 291 Å². The maximum atomic E-state index is 14.8. The molecule has 4 heteroatoms. The summed E-state index contributed by atoms with van der Waals surface area (Å²) < 4.78 is 43.6. The summed E-state index contributed by atoms with van der Waals surface area (Å²) in [5, 5.41) is 0. The molecule has 0 bridgehead atoms. The highest BCUT2D eigenvalue weighted by Gasteiger charge is 2.55. The van der Waals surface area contributed by atoms with Gasteiger partial charge in [-0.05, 0) is 37.8 Å². The van der Waals surface area contributed by atoms with E-state index in [0.29, 0.717) is 18.5 Å². The van der Waals surface area contributed by atoms with Gasteiger partial charge in [-0.25, -0.2) is 0 Å². The lowest BCUT2D eigenvalue weighted by Crippen LogP contribution is -2.60. The summed E-state index contributed by atoms with van der Waals surface area (Å²) in [5.74, 6) is 0. The number of para-hydroxylation sites is 1. The van der Waals surface area contributed by atoms with Gasteiger partial charge in [-0.3, -0.25) is 0 Å². The number of unbranched alkanes of at least 4 members (excludes halogenated alkanes) is 30. The topological polar surface area (TPSA) is 0 Å². The number of rotatable bonds is 35. The van der Waals surface area contributed by atoms with Crippen LogP contribution >= 0.6 is 0 Å². The van der Waals surface area contributed by atoms with E-state index in [2.05, 4.69) is 13.8 Å². The first-order valence-electron chi connectivity index (χ1n) is 21.0. The second kappa shape index (κ2) is 31.0. The molecule has 1 aromatic carbocycles. The average molecular weight is 667 g/mol. The van der Waals surface area contributed by atoms with Crippen LogP contribution in [0.1, 0.15) is 219 Å². The van der Waals surface area contributed by atoms with Crippen LogP contribution in [0.3, 0.4) is 0 Å². The lowest BCUT2D eigenvalue weighted by atomic mass is 10.0. The van der Waals surface area contributed by atoms with Crippen molar-refractivity contribution in [3.8, 4) is 0 Å². The van der Waals surface area contributed by atoms with Gasteiger partial charge in [0.1, 0.15) is 5.69 Å². The van der Waals surface area contributed by atoms with Crippen LogP contribution in [0.4, 0.5) is 18.9 Å². The zero-order chi connectivity index (χ0) is 34.2. The Balaban J connectivity index is 2.23. The average Bonchev–Trinajstić information content (AvgIpc) is 3.06. The highest BCUT2D eigenvalue weighted by molar-refractivity contribution is 5.43. The Bertz CT molecular complexity index is 726. The zero-order valence-electron chi connectivity index (χ0n) is 31.5. The normalized spacial score (nSPS) is 12.3. The Kier molecular flexibility index (Phi) is 29.0. The Morgan fingerprint density at radius 1 is 0.362 bits per heavy atom. The van der Waals surface area contributed by atoms with Crippen LogP contribution in [0.2, 0.25) is 0 Å². The SMILES string of the molecule is CCCCCCCCCCCCCCCCCC[N+](CCCCCCCCCCCCCCCCCC)(c1ccccc1)C(F)(F)F. The van der Waals surface area contributed by atoms with Crippen LogP contribution in [0.25, 0.3) is 0 Å². The molecule has 0 fully saturated rings. The molecule has 0 amide bonds. The van der Waals surface area contributed by atoms with Crippen LogP contribution in [-0.4, -0.2) is 19.4 Å². The van der Waals surface area contributed by atoms with Crippen LogP contribution < -0.4 is 4.48 Å². The number of benzene rings is 1. The van der Waals surface area contributed by atoms with E-state index in [4.69, 9.17) is 0 Å². The summed E-state index contributed by atoms with van der Waals surface area (Å²) in [7, 11) is 0. The van der Waals surface area contributed by atoms with Crippen molar-refractivity contribution in [3.05, 3.63) is 30.3 Å². The van der Waals surface area contributed by atoms with Gasteiger partial charge in [-0.1, -0.05) is 212 Å². The standard InChI is InChI=1S/C43H79F3N/c1-3-5-7-9-11-13-15-17-19-21-23-25-27-29-31-36-40-47(43(44,45)46,42-38-34-33-35-39-42)41-37-32-30-28-26-24-22-20-18-16-14-12-10-8-6-4-2/h33-35,38-39H,3-32,36-37,40-41H2,1-2H3/q+1. The highest BCUT2D eigenvalue weighted by atomic mass is 19.4. The smallest absolute Gasteiger partial charge is 0.199 e. The number of quaternary nitrogens is 1. The Hall–Kier alpha value is -1.03. The first kappa shape index (κ1) is 44.0. The number of nitrogens with zero attached hydrogens (tertiary/aromatic N) is 1. The molecule has 0 unspecified atom stereocenters. The molecule has 0 radical (unpaired) electrons. The van der Waals surface area contributed by atoms with Crippen LogP contribution in [0.15, 0.2) is 30.3 Å². The van der Waals surface area contributed by atoms with Crippen molar-refractivity contribution in [3.63, 3.8) is 0 Å². The highest BCUT2D eigenvalue weighted by Crippen LogP contribution is 2.38. The molecule has 0 aliphatic heterocycles. The van der Waals surface area contributed by atoms with Gasteiger partial charge >= 0.3 is 6.30 Å². The van der Waals surface area contributed by atoms with Crippen molar-refractivity contribution in [2.24, 2.45) is 0 Å². The molecule has 0 atom stereocenters. The fourth-order valence-electron chi connectivity index (χ4n) is 7.34. The van der Waals surface area contributed by atoms with Crippen molar-refractivity contribution in [2.45, 2.75) is 226 Å². The van der Waals surface area contributed by atoms with Crippen LogP contribution in [0, 0.1) is 0 Å². The largest absolute Gasteiger partial charge is 0.566 e. The fraction of sp³-hybridized carbons (Fsp3) is 0.860. The molecule has 0 aliphatic rings. The van der Waals surface area contributed by atoms with E-state index in [0.717, 1.165) is 38.5 Å². The van der Waals surface area contributed by atoms with E-state index in [1.54, 1.807) is 24.3 Å². The number of alkyl halides is 3. The van der Waals surface area contributed by atoms with Gasteiger partial charge in [0.2, 0.25) is 0 Å². The maximum absolute atomic E-state index is 14.8. The van der Waals surface area contributed by atoms with Gasteiger partial charge in [0, 0.05) is 0 Å². The van der Waals surface area contributed by atoms with Gasteiger partial charge in [0.05, 0.1) is 13.1 Å². The lowest BCUT2D eigenvalue weighted by Gasteiger charge is -2.38. The third-order valence-electron chi connectivity index (χ3n) is 10.5. The predicted octanol–water partition coefficient (Wildman–Crippen LogP) is 16.0. The molecule has 0 spiro atoms. The van der Waals surface area contributed by atoms with Crippen molar-refractivity contribution in [1.82, 2.24) is 4.48 Å². The first-order chi connectivity index (χ1) is 23.0. The third-order valence-corrected chi connectivity index (χ3v) is 10.5. The molecule has 0 N–H and O–H groups in total.